The molecule has 1 aromatic heterocycles. The van der Waals surface area contributed by atoms with Crippen LogP contribution < -0.4 is 0 Å². The van der Waals surface area contributed by atoms with Crippen molar-refractivity contribution in [2.24, 2.45) is 0 Å². The van der Waals surface area contributed by atoms with Gasteiger partial charge in [-0.2, -0.15) is 0 Å². The number of hydrogen-bond donors (Lipinski definition) is 1. The van der Waals surface area contributed by atoms with E-state index in [1.165, 1.54) is 16.2 Å². The van der Waals surface area contributed by atoms with E-state index >= 15 is 0 Å². The third kappa shape index (κ3) is 3.29. The Bertz CT molecular complexity index is 810. The van der Waals surface area contributed by atoms with Crippen LogP contribution in [0.25, 0.3) is 0 Å². The van der Waals surface area contributed by atoms with Crippen LogP contribution in [0, 0.1) is 0 Å². The molecule has 0 aliphatic carbocycles. The second-order valence-corrected chi connectivity index (χ2v) is 8.35. The van der Waals surface area contributed by atoms with Gasteiger partial charge in [-0.05, 0) is 30.7 Å². The number of carbonyl (C=O) groups is 1. The number of H-pyrrole nitrogens is 1. The van der Waals surface area contributed by atoms with Gasteiger partial charge in [-0.1, -0.05) is 25.1 Å². The Morgan fingerprint density at radius 1 is 1.26 bits per heavy atom. The van der Waals surface area contributed by atoms with E-state index < -0.39 is 0 Å². The van der Waals surface area contributed by atoms with Gasteiger partial charge in [0, 0.05) is 49.6 Å². The molecule has 2 aromatic rings. The molecule has 27 heavy (non-hydrogen) atoms. The van der Waals surface area contributed by atoms with Crippen molar-refractivity contribution in [3.05, 3.63) is 47.5 Å². The Morgan fingerprint density at radius 2 is 2.04 bits per heavy atom. The molecule has 1 aromatic carbocycles. The summed E-state index contributed by atoms with van der Waals surface area (Å²) in [5.74, 6) is 0.254. The predicted molar refractivity (Wildman–Crippen MR) is 109 cm³/mol. The van der Waals surface area contributed by atoms with Crippen LogP contribution in [0.1, 0.15) is 43.1 Å². The number of benzene rings is 1. The van der Waals surface area contributed by atoms with Crippen LogP contribution in [0.5, 0.6) is 0 Å². The summed E-state index contributed by atoms with van der Waals surface area (Å²) in [5, 5.41) is 0. The van der Waals surface area contributed by atoms with Gasteiger partial charge in [0.25, 0.3) is 0 Å². The van der Waals surface area contributed by atoms with Crippen LogP contribution in [0.4, 0.5) is 0 Å². The van der Waals surface area contributed by atoms with E-state index in [1.807, 2.05) is 18.7 Å². The molecule has 0 radical (unpaired) electrons. The molecule has 0 atom stereocenters. The SMILES string of the molecule is CCC(=O)N1CCc2[nH]cnc2C12CCN(Cc1ccccc1SC)CC2. The molecule has 3 heterocycles. The first kappa shape index (κ1) is 18.6. The molecular weight excluding hydrogens is 356 g/mol. The van der Waals surface area contributed by atoms with Crippen LogP contribution in [0.2, 0.25) is 0 Å². The fraction of sp³-hybridized carbons (Fsp3) is 0.524. The van der Waals surface area contributed by atoms with Crippen molar-refractivity contribution in [1.82, 2.24) is 19.8 Å². The Balaban J connectivity index is 1.55. The molecule has 0 saturated carbocycles. The van der Waals surface area contributed by atoms with Crippen molar-refractivity contribution in [2.75, 3.05) is 25.9 Å². The smallest absolute Gasteiger partial charge is 0.223 e. The molecule has 1 amide bonds. The van der Waals surface area contributed by atoms with Gasteiger partial charge in [-0.25, -0.2) is 4.98 Å². The van der Waals surface area contributed by atoms with Gasteiger partial charge in [0.1, 0.15) is 0 Å². The lowest BCUT2D eigenvalue weighted by Gasteiger charge is -2.50. The highest BCUT2D eigenvalue weighted by atomic mass is 32.2. The normalized spacial score (nSPS) is 19.3. The zero-order valence-corrected chi connectivity index (χ0v) is 17.0. The monoisotopic (exact) mass is 384 g/mol. The average molecular weight is 385 g/mol. The van der Waals surface area contributed by atoms with Gasteiger partial charge in [0.2, 0.25) is 5.91 Å². The number of nitrogens with one attached hydrogen (secondary N) is 1. The maximum atomic E-state index is 12.7. The number of rotatable bonds is 4. The van der Waals surface area contributed by atoms with Crippen molar-refractivity contribution >= 4 is 17.7 Å². The minimum atomic E-state index is -0.226. The molecule has 1 fully saturated rings. The first-order chi connectivity index (χ1) is 13.2. The van der Waals surface area contributed by atoms with E-state index in [1.54, 1.807) is 6.33 Å². The number of aromatic nitrogens is 2. The highest BCUT2D eigenvalue weighted by Crippen LogP contribution is 2.42. The molecule has 5 nitrogen and oxygen atoms in total. The summed E-state index contributed by atoms with van der Waals surface area (Å²) >= 11 is 1.81. The van der Waals surface area contributed by atoms with Crippen LogP contribution in [-0.2, 0) is 23.3 Å². The molecule has 6 heteroatoms. The standard InChI is InChI=1S/C21H28N4OS/c1-3-19(26)25-11-8-17-20(23-15-22-17)21(25)9-12-24(13-10-21)14-16-6-4-5-7-18(16)27-2/h4-7,15H,3,8-14H2,1-2H3,(H,22,23). The largest absolute Gasteiger partial charge is 0.348 e. The van der Waals surface area contributed by atoms with Gasteiger partial charge in [-0.3, -0.25) is 9.69 Å². The van der Waals surface area contributed by atoms with E-state index in [2.05, 4.69) is 50.3 Å². The van der Waals surface area contributed by atoms with Crippen molar-refractivity contribution in [3.63, 3.8) is 0 Å². The minimum Gasteiger partial charge on any atom is -0.348 e. The number of nitrogens with zero attached hydrogens (tertiary/aromatic N) is 3. The second-order valence-electron chi connectivity index (χ2n) is 7.50. The Morgan fingerprint density at radius 3 is 2.78 bits per heavy atom. The van der Waals surface area contributed by atoms with Crippen molar-refractivity contribution in [3.8, 4) is 0 Å². The third-order valence-electron chi connectivity index (χ3n) is 6.13. The molecule has 1 saturated heterocycles. The number of aromatic amines is 1. The molecular formula is C21H28N4OS. The number of hydrogen-bond acceptors (Lipinski definition) is 4. The summed E-state index contributed by atoms with van der Waals surface area (Å²) < 4.78 is 0. The number of fused-ring (bicyclic) bond motifs is 2. The molecule has 1 N–H and O–H groups in total. The number of amides is 1. The molecule has 2 aliphatic heterocycles. The minimum absolute atomic E-state index is 0.226. The van der Waals surface area contributed by atoms with Gasteiger partial charge >= 0.3 is 0 Å². The van der Waals surface area contributed by atoms with E-state index in [0.717, 1.165) is 51.1 Å². The van der Waals surface area contributed by atoms with Crippen molar-refractivity contribution in [1.29, 1.82) is 0 Å². The zero-order valence-electron chi connectivity index (χ0n) is 16.2. The Kier molecular flexibility index (Phi) is 5.28. The average Bonchev–Trinajstić information content (AvgIpc) is 3.20. The topological polar surface area (TPSA) is 52.2 Å². The van der Waals surface area contributed by atoms with Crippen molar-refractivity contribution < 1.29 is 4.79 Å². The lowest BCUT2D eigenvalue weighted by Crippen LogP contribution is -2.58. The maximum absolute atomic E-state index is 12.7. The predicted octanol–water partition coefficient (Wildman–Crippen LogP) is 3.42. The molecule has 0 bridgehead atoms. The maximum Gasteiger partial charge on any atom is 0.223 e. The summed E-state index contributed by atoms with van der Waals surface area (Å²) in [6.45, 7) is 5.72. The van der Waals surface area contributed by atoms with Gasteiger partial charge in [0.05, 0.1) is 17.6 Å². The number of imidazole rings is 1. The lowest BCUT2D eigenvalue weighted by atomic mass is 9.78. The lowest BCUT2D eigenvalue weighted by molar-refractivity contribution is -0.141. The summed E-state index contributed by atoms with van der Waals surface area (Å²) in [4.78, 5) is 26.7. The summed E-state index contributed by atoms with van der Waals surface area (Å²) in [6.07, 6.45) is 7.29. The summed E-state index contributed by atoms with van der Waals surface area (Å²) in [7, 11) is 0. The number of likely N-dealkylation sites (tertiary alicyclic amines) is 1. The fourth-order valence-electron chi connectivity index (χ4n) is 4.69. The second kappa shape index (κ2) is 7.68. The highest BCUT2D eigenvalue weighted by molar-refractivity contribution is 7.98. The number of thioether (sulfide) groups is 1. The number of carbonyl (C=O) groups excluding carboxylic acids is 1. The van der Waals surface area contributed by atoms with E-state index in [9.17, 15) is 4.79 Å². The number of piperidine rings is 1. The van der Waals surface area contributed by atoms with E-state index in [4.69, 9.17) is 0 Å². The van der Waals surface area contributed by atoms with Crippen LogP contribution >= 0.6 is 11.8 Å². The molecule has 0 unspecified atom stereocenters. The Hall–Kier alpha value is -1.79. The molecule has 2 aliphatic rings. The van der Waals surface area contributed by atoms with Crippen LogP contribution in [0.15, 0.2) is 35.5 Å². The Labute approximate surface area is 165 Å². The first-order valence-corrected chi connectivity index (χ1v) is 11.1. The first-order valence-electron chi connectivity index (χ1n) is 9.85. The summed E-state index contributed by atoms with van der Waals surface area (Å²) in [5.41, 5.74) is 3.50. The van der Waals surface area contributed by atoms with Crippen LogP contribution in [-0.4, -0.2) is 51.6 Å². The third-order valence-corrected chi connectivity index (χ3v) is 6.97. The van der Waals surface area contributed by atoms with E-state index in [0.29, 0.717) is 6.42 Å². The van der Waals surface area contributed by atoms with E-state index in [-0.39, 0.29) is 11.4 Å². The zero-order chi connectivity index (χ0) is 18.9. The molecule has 144 valence electrons. The van der Waals surface area contributed by atoms with Gasteiger partial charge in [0.15, 0.2) is 0 Å². The van der Waals surface area contributed by atoms with Crippen LogP contribution in [0.3, 0.4) is 0 Å². The fourth-order valence-corrected chi connectivity index (χ4v) is 5.30. The molecule has 4 rings (SSSR count). The van der Waals surface area contributed by atoms with Gasteiger partial charge < -0.3 is 9.88 Å². The van der Waals surface area contributed by atoms with Gasteiger partial charge in [-0.15, -0.1) is 11.8 Å². The summed E-state index contributed by atoms with van der Waals surface area (Å²) in [6, 6.07) is 8.66. The quantitative estimate of drug-likeness (QED) is 0.821. The van der Waals surface area contributed by atoms with Crippen molar-refractivity contribution in [2.45, 2.75) is 49.6 Å². The molecule has 1 spiro atoms. The highest BCUT2D eigenvalue weighted by Gasteiger charge is 2.48.